The van der Waals surface area contributed by atoms with Crippen molar-refractivity contribution in [2.75, 3.05) is 0 Å². The van der Waals surface area contributed by atoms with Gasteiger partial charge in [0.2, 0.25) is 0 Å². The molecule has 0 aromatic carbocycles. The van der Waals surface area contributed by atoms with Crippen molar-refractivity contribution in [1.29, 1.82) is 10.5 Å². The molecule has 2 aromatic heterocycles. The monoisotopic (exact) mass is 281 g/mol. The van der Waals surface area contributed by atoms with Crippen LogP contribution in [0.15, 0.2) is 18.5 Å². The van der Waals surface area contributed by atoms with Gasteiger partial charge < -0.3 is 5.11 Å². The van der Waals surface area contributed by atoms with E-state index in [0.29, 0.717) is 5.69 Å². The van der Waals surface area contributed by atoms with Crippen LogP contribution in [0.1, 0.15) is 47.2 Å². The Morgan fingerprint density at radius 2 is 2.05 bits per heavy atom. The third kappa shape index (κ3) is 2.58. The van der Waals surface area contributed by atoms with Crippen molar-refractivity contribution in [3.63, 3.8) is 0 Å². The molecule has 0 spiro atoms. The van der Waals surface area contributed by atoms with Gasteiger partial charge in [-0.3, -0.25) is 4.57 Å². The second-order valence-corrected chi connectivity index (χ2v) is 4.63. The highest BCUT2D eigenvalue weighted by Crippen LogP contribution is 2.19. The van der Waals surface area contributed by atoms with E-state index in [-0.39, 0.29) is 28.7 Å². The summed E-state index contributed by atoms with van der Waals surface area (Å²) in [6, 6.07) is 6.53. The number of carboxylic acids is 1. The van der Waals surface area contributed by atoms with E-state index in [1.165, 1.54) is 23.0 Å². The van der Waals surface area contributed by atoms with Crippen LogP contribution in [0.2, 0.25) is 0 Å². The molecule has 0 unspecified atom stereocenters. The molecule has 0 amide bonds. The highest BCUT2D eigenvalue weighted by atomic mass is 16.4. The number of aromatic nitrogens is 3. The van der Waals surface area contributed by atoms with Crippen LogP contribution in [0.25, 0.3) is 5.82 Å². The van der Waals surface area contributed by atoms with Crippen LogP contribution in [0, 0.1) is 22.7 Å². The van der Waals surface area contributed by atoms with Crippen molar-refractivity contribution >= 4 is 5.97 Å². The minimum absolute atomic E-state index is 0.0209. The zero-order valence-corrected chi connectivity index (χ0v) is 11.4. The number of imidazole rings is 1. The van der Waals surface area contributed by atoms with Crippen molar-refractivity contribution in [2.45, 2.75) is 19.8 Å². The molecule has 0 bridgehead atoms. The summed E-state index contributed by atoms with van der Waals surface area (Å²) in [5.41, 5.74) is 0.661. The van der Waals surface area contributed by atoms with E-state index in [2.05, 4.69) is 9.97 Å². The van der Waals surface area contributed by atoms with E-state index in [0.717, 1.165) is 0 Å². The summed E-state index contributed by atoms with van der Waals surface area (Å²) < 4.78 is 1.32. The Morgan fingerprint density at radius 1 is 1.33 bits per heavy atom. The standard InChI is InChI=1S/C14H11N5O2/c1-8(2)10-3-9(14(20)21)4-13(18-10)19-7-17-11(5-15)12(19)6-16/h3-4,7-8H,1-2H3,(H,20,21). The third-order valence-corrected chi connectivity index (χ3v) is 2.90. The maximum atomic E-state index is 11.2. The van der Waals surface area contributed by atoms with Gasteiger partial charge in [0.15, 0.2) is 11.4 Å². The van der Waals surface area contributed by atoms with Crippen LogP contribution < -0.4 is 0 Å². The minimum Gasteiger partial charge on any atom is -0.478 e. The van der Waals surface area contributed by atoms with Gasteiger partial charge in [-0.05, 0) is 18.1 Å². The Morgan fingerprint density at radius 3 is 2.57 bits per heavy atom. The van der Waals surface area contributed by atoms with E-state index in [1.54, 1.807) is 0 Å². The number of aromatic carboxylic acids is 1. The molecule has 2 heterocycles. The lowest BCUT2D eigenvalue weighted by Crippen LogP contribution is -2.07. The zero-order chi connectivity index (χ0) is 15.6. The third-order valence-electron chi connectivity index (χ3n) is 2.90. The Hall–Kier alpha value is -3.19. The first kappa shape index (κ1) is 14.2. The second kappa shape index (κ2) is 5.43. The fraction of sp³-hybridized carbons (Fsp3) is 0.214. The normalized spacial score (nSPS) is 10.1. The van der Waals surface area contributed by atoms with Crippen LogP contribution in [-0.4, -0.2) is 25.6 Å². The van der Waals surface area contributed by atoms with E-state index in [4.69, 9.17) is 10.5 Å². The van der Waals surface area contributed by atoms with Gasteiger partial charge in [-0.25, -0.2) is 14.8 Å². The Bertz CT molecular complexity index is 793. The Labute approximate surface area is 120 Å². The number of rotatable bonds is 3. The predicted molar refractivity (Wildman–Crippen MR) is 71.8 cm³/mol. The smallest absolute Gasteiger partial charge is 0.335 e. The molecule has 104 valence electrons. The highest BCUT2D eigenvalue weighted by molar-refractivity contribution is 5.88. The lowest BCUT2D eigenvalue weighted by atomic mass is 10.1. The molecular formula is C14H11N5O2. The van der Waals surface area contributed by atoms with Gasteiger partial charge >= 0.3 is 5.97 Å². The van der Waals surface area contributed by atoms with Gasteiger partial charge in [0.1, 0.15) is 24.3 Å². The second-order valence-electron chi connectivity index (χ2n) is 4.63. The maximum Gasteiger partial charge on any atom is 0.335 e. The average molecular weight is 281 g/mol. The molecule has 0 saturated carbocycles. The van der Waals surface area contributed by atoms with Crippen molar-refractivity contribution in [2.24, 2.45) is 0 Å². The fourth-order valence-corrected chi connectivity index (χ4v) is 1.79. The predicted octanol–water partition coefficient (Wildman–Crippen LogP) is 1.83. The van der Waals surface area contributed by atoms with Crippen LogP contribution in [-0.2, 0) is 0 Å². The summed E-state index contributed by atoms with van der Waals surface area (Å²) in [4.78, 5) is 19.4. The topological polar surface area (TPSA) is 116 Å². The summed E-state index contributed by atoms with van der Waals surface area (Å²) in [5, 5.41) is 27.2. The summed E-state index contributed by atoms with van der Waals surface area (Å²) in [6.07, 6.45) is 1.29. The number of carboxylic acid groups (broad SMARTS) is 1. The van der Waals surface area contributed by atoms with Crippen molar-refractivity contribution < 1.29 is 9.90 Å². The first-order valence-electron chi connectivity index (χ1n) is 6.11. The van der Waals surface area contributed by atoms with Gasteiger partial charge in [0.05, 0.1) is 5.56 Å². The molecule has 0 atom stereocenters. The van der Waals surface area contributed by atoms with Crippen LogP contribution in [0.3, 0.4) is 0 Å². The maximum absolute atomic E-state index is 11.2. The molecular weight excluding hydrogens is 270 g/mol. The number of hydrogen-bond donors (Lipinski definition) is 1. The molecule has 0 aliphatic rings. The van der Waals surface area contributed by atoms with Crippen LogP contribution in [0.4, 0.5) is 0 Å². The van der Waals surface area contributed by atoms with E-state index >= 15 is 0 Å². The number of pyridine rings is 1. The average Bonchev–Trinajstić information content (AvgIpc) is 2.89. The summed E-state index contributed by atoms with van der Waals surface area (Å²) in [7, 11) is 0. The van der Waals surface area contributed by atoms with Crippen molar-refractivity contribution in [3.8, 4) is 18.0 Å². The minimum atomic E-state index is -1.08. The van der Waals surface area contributed by atoms with E-state index in [9.17, 15) is 9.90 Å². The number of hydrogen-bond acceptors (Lipinski definition) is 5. The molecule has 0 aliphatic carbocycles. The van der Waals surface area contributed by atoms with Gasteiger partial charge in [0.25, 0.3) is 0 Å². The highest BCUT2D eigenvalue weighted by Gasteiger charge is 2.16. The SMILES string of the molecule is CC(C)c1cc(C(=O)O)cc(-n2cnc(C#N)c2C#N)n1. The number of nitrogens with zero attached hydrogens (tertiary/aromatic N) is 5. The molecule has 0 radical (unpaired) electrons. The number of carbonyl (C=O) groups is 1. The molecule has 7 heteroatoms. The van der Waals surface area contributed by atoms with Crippen molar-refractivity contribution in [3.05, 3.63) is 41.1 Å². The first-order chi connectivity index (χ1) is 9.97. The lowest BCUT2D eigenvalue weighted by Gasteiger charge is -2.10. The molecule has 0 saturated heterocycles. The Balaban J connectivity index is 2.70. The van der Waals surface area contributed by atoms with Gasteiger partial charge in [-0.2, -0.15) is 10.5 Å². The first-order valence-corrected chi connectivity index (χ1v) is 6.11. The summed E-state index contributed by atoms with van der Waals surface area (Å²) >= 11 is 0. The largest absolute Gasteiger partial charge is 0.478 e. The summed E-state index contributed by atoms with van der Waals surface area (Å²) in [6.45, 7) is 3.77. The molecule has 0 aliphatic heterocycles. The van der Waals surface area contributed by atoms with Crippen LogP contribution >= 0.6 is 0 Å². The van der Waals surface area contributed by atoms with E-state index < -0.39 is 5.97 Å². The Kier molecular flexibility index (Phi) is 3.68. The molecule has 0 fully saturated rings. The lowest BCUT2D eigenvalue weighted by molar-refractivity contribution is 0.0696. The van der Waals surface area contributed by atoms with Gasteiger partial charge in [-0.15, -0.1) is 0 Å². The zero-order valence-electron chi connectivity index (χ0n) is 11.4. The molecule has 2 rings (SSSR count). The van der Waals surface area contributed by atoms with Crippen LogP contribution in [0.5, 0.6) is 0 Å². The van der Waals surface area contributed by atoms with Crippen molar-refractivity contribution in [1.82, 2.24) is 14.5 Å². The quantitative estimate of drug-likeness (QED) is 0.917. The molecule has 21 heavy (non-hydrogen) atoms. The van der Waals surface area contributed by atoms with E-state index in [1.807, 2.05) is 26.0 Å². The van der Waals surface area contributed by atoms with Gasteiger partial charge in [0, 0.05) is 5.69 Å². The molecule has 1 N–H and O–H groups in total. The summed E-state index contributed by atoms with van der Waals surface area (Å²) in [5.74, 6) is -0.809. The van der Waals surface area contributed by atoms with Gasteiger partial charge in [-0.1, -0.05) is 13.8 Å². The number of nitriles is 2. The fourth-order valence-electron chi connectivity index (χ4n) is 1.79. The molecule has 7 nitrogen and oxygen atoms in total. The molecule has 2 aromatic rings.